The van der Waals surface area contributed by atoms with E-state index in [2.05, 4.69) is 14.9 Å². The highest BCUT2D eigenvalue weighted by molar-refractivity contribution is 6.00. The first kappa shape index (κ1) is 18.9. The number of imidazole rings is 1. The molecular formula is C22H18F3N3O2. The number of nitrogens with one attached hydrogen (secondary N) is 1. The smallest absolute Gasteiger partial charge is 0.449 e. The van der Waals surface area contributed by atoms with E-state index in [9.17, 15) is 18.0 Å². The van der Waals surface area contributed by atoms with Crippen LogP contribution < -0.4 is 5.43 Å². The van der Waals surface area contributed by atoms with Crippen molar-refractivity contribution in [2.75, 3.05) is 13.1 Å². The zero-order valence-corrected chi connectivity index (χ0v) is 15.9. The predicted octanol–water partition coefficient (Wildman–Crippen LogP) is 4.95. The minimum atomic E-state index is -4.62. The molecule has 5 rings (SSSR count). The molecular weight excluding hydrogens is 395 g/mol. The lowest BCUT2D eigenvalue weighted by atomic mass is 10.1. The molecule has 3 heterocycles. The third-order valence-corrected chi connectivity index (χ3v) is 5.46. The highest BCUT2D eigenvalue weighted by Crippen LogP contribution is 2.32. The van der Waals surface area contributed by atoms with Crippen molar-refractivity contribution in [2.45, 2.75) is 25.6 Å². The number of alkyl halides is 3. The molecule has 1 aliphatic rings. The number of hydrogen-bond acceptors (Lipinski definition) is 4. The quantitative estimate of drug-likeness (QED) is 0.516. The Morgan fingerprint density at radius 3 is 2.50 bits per heavy atom. The average Bonchev–Trinajstić information content (AvgIpc) is 3.38. The Kier molecular flexibility index (Phi) is 4.39. The Morgan fingerprint density at radius 2 is 1.80 bits per heavy atom. The molecule has 0 amide bonds. The fourth-order valence-corrected chi connectivity index (χ4v) is 3.93. The molecule has 154 valence electrons. The Labute approximate surface area is 169 Å². The molecule has 0 aliphatic carbocycles. The van der Waals surface area contributed by atoms with E-state index in [1.165, 1.54) is 31.0 Å². The summed E-state index contributed by atoms with van der Waals surface area (Å²) in [5.74, 6) is -0.825. The number of fused-ring (bicyclic) bond motifs is 3. The zero-order chi connectivity index (χ0) is 20.9. The van der Waals surface area contributed by atoms with Gasteiger partial charge in [0.1, 0.15) is 11.3 Å². The fourth-order valence-electron chi connectivity index (χ4n) is 3.93. The van der Waals surface area contributed by atoms with Crippen molar-refractivity contribution >= 4 is 22.0 Å². The van der Waals surface area contributed by atoms with Crippen LogP contribution in [0.4, 0.5) is 13.2 Å². The monoisotopic (exact) mass is 413 g/mol. The van der Waals surface area contributed by atoms with Crippen molar-refractivity contribution in [3.05, 3.63) is 64.1 Å². The number of aromatic nitrogens is 2. The van der Waals surface area contributed by atoms with Crippen LogP contribution in [0, 0.1) is 0 Å². The summed E-state index contributed by atoms with van der Waals surface area (Å²) in [6.45, 7) is 3.07. The van der Waals surface area contributed by atoms with E-state index in [0.29, 0.717) is 11.3 Å². The van der Waals surface area contributed by atoms with Crippen LogP contribution in [0.15, 0.2) is 51.7 Å². The normalized spacial score (nSPS) is 15.4. The fraction of sp³-hybridized carbons (Fsp3) is 0.273. The summed E-state index contributed by atoms with van der Waals surface area (Å²) in [6.07, 6.45) is -2.18. The topological polar surface area (TPSA) is 62.1 Å². The molecule has 0 radical (unpaired) electrons. The lowest BCUT2D eigenvalue weighted by molar-refractivity contribution is -0.144. The second-order valence-corrected chi connectivity index (χ2v) is 7.58. The van der Waals surface area contributed by atoms with Gasteiger partial charge in [-0.25, -0.2) is 4.98 Å². The highest BCUT2D eigenvalue weighted by Gasteiger charge is 2.35. The van der Waals surface area contributed by atoms with Gasteiger partial charge in [0, 0.05) is 18.2 Å². The van der Waals surface area contributed by atoms with Crippen LogP contribution in [0.2, 0.25) is 0 Å². The van der Waals surface area contributed by atoms with Crippen LogP contribution in [0.25, 0.3) is 33.3 Å². The summed E-state index contributed by atoms with van der Waals surface area (Å²) in [5.41, 5.74) is 1.71. The molecule has 2 aromatic carbocycles. The Morgan fingerprint density at radius 1 is 1.07 bits per heavy atom. The van der Waals surface area contributed by atoms with Crippen molar-refractivity contribution in [2.24, 2.45) is 0 Å². The number of H-pyrrole nitrogens is 1. The van der Waals surface area contributed by atoms with E-state index in [4.69, 9.17) is 4.42 Å². The van der Waals surface area contributed by atoms with Gasteiger partial charge in [0.05, 0.1) is 10.9 Å². The summed E-state index contributed by atoms with van der Waals surface area (Å²) in [7, 11) is 0. The first-order valence-corrected chi connectivity index (χ1v) is 9.74. The molecule has 0 spiro atoms. The number of hydrogen-bond donors (Lipinski definition) is 1. The molecule has 8 heteroatoms. The van der Waals surface area contributed by atoms with Gasteiger partial charge in [0.15, 0.2) is 11.0 Å². The molecule has 0 bridgehead atoms. The summed E-state index contributed by atoms with van der Waals surface area (Å²) in [4.78, 5) is 20.9. The predicted molar refractivity (Wildman–Crippen MR) is 107 cm³/mol. The van der Waals surface area contributed by atoms with Crippen LogP contribution in [0.3, 0.4) is 0 Å². The number of halogens is 3. The molecule has 1 aliphatic heterocycles. The SMILES string of the molecule is O=c1cc(-c2ccc(CN3CCCC3)cc2)oc2c1ccc1[nH]c(C(F)(F)F)nc12. The summed E-state index contributed by atoms with van der Waals surface area (Å²) in [5, 5.41) is 0.192. The molecule has 0 atom stereocenters. The number of benzene rings is 2. The largest absolute Gasteiger partial charge is 0.453 e. The van der Waals surface area contributed by atoms with Crippen LogP contribution in [0.5, 0.6) is 0 Å². The second kappa shape index (κ2) is 6.98. The van der Waals surface area contributed by atoms with Gasteiger partial charge in [-0.15, -0.1) is 0 Å². The molecule has 30 heavy (non-hydrogen) atoms. The van der Waals surface area contributed by atoms with E-state index in [0.717, 1.165) is 25.2 Å². The number of likely N-dealkylation sites (tertiary alicyclic amines) is 1. The lowest BCUT2D eigenvalue weighted by Gasteiger charge is -2.14. The van der Waals surface area contributed by atoms with E-state index in [-0.39, 0.29) is 27.4 Å². The Hall–Kier alpha value is -3.13. The second-order valence-electron chi connectivity index (χ2n) is 7.58. The van der Waals surface area contributed by atoms with Crippen molar-refractivity contribution < 1.29 is 17.6 Å². The van der Waals surface area contributed by atoms with Gasteiger partial charge in [-0.05, 0) is 43.6 Å². The molecule has 4 aromatic rings. The van der Waals surface area contributed by atoms with Gasteiger partial charge >= 0.3 is 6.18 Å². The van der Waals surface area contributed by atoms with Gasteiger partial charge in [0.25, 0.3) is 0 Å². The molecule has 1 N–H and O–H groups in total. The Balaban J connectivity index is 1.56. The maximum atomic E-state index is 13.0. The molecule has 2 aromatic heterocycles. The van der Waals surface area contributed by atoms with Gasteiger partial charge < -0.3 is 9.40 Å². The van der Waals surface area contributed by atoms with Gasteiger partial charge in [-0.1, -0.05) is 24.3 Å². The van der Waals surface area contributed by atoms with Crippen molar-refractivity contribution in [3.8, 4) is 11.3 Å². The molecule has 0 unspecified atom stereocenters. The molecule has 0 saturated carbocycles. The van der Waals surface area contributed by atoms with Crippen LogP contribution >= 0.6 is 0 Å². The van der Waals surface area contributed by atoms with Crippen molar-refractivity contribution in [1.82, 2.24) is 14.9 Å². The zero-order valence-electron chi connectivity index (χ0n) is 15.9. The van der Waals surface area contributed by atoms with Crippen LogP contribution in [-0.2, 0) is 12.7 Å². The van der Waals surface area contributed by atoms with E-state index >= 15 is 0 Å². The third kappa shape index (κ3) is 3.37. The minimum Gasteiger partial charge on any atom is -0.453 e. The maximum absolute atomic E-state index is 13.0. The summed E-state index contributed by atoms with van der Waals surface area (Å²) >= 11 is 0. The minimum absolute atomic E-state index is 0.00979. The maximum Gasteiger partial charge on any atom is 0.449 e. The van der Waals surface area contributed by atoms with Gasteiger partial charge in [-0.2, -0.15) is 13.2 Å². The first-order chi connectivity index (χ1) is 14.4. The average molecular weight is 413 g/mol. The molecule has 5 nitrogen and oxygen atoms in total. The van der Waals surface area contributed by atoms with E-state index in [1.54, 1.807) is 0 Å². The lowest BCUT2D eigenvalue weighted by Crippen LogP contribution is -2.18. The van der Waals surface area contributed by atoms with Crippen molar-refractivity contribution in [1.29, 1.82) is 0 Å². The summed E-state index contributed by atoms with van der Waals surface area (Å²) < 4.78 is 45.0. The number of rotatable bonds is 3. The third-order valence-electron chi connectivity index (χ3n) is 5.46. The number of nitrogens with zero attached hydrogens (tertiary/aromatic N) is 2. The Bertz CT molecular complexity index is 1280. The molecule has 1 fully saturated rings. The van der Waals surface area contributed by atoms with Crippen LogP contribution in [0.1, 0.15) is 24.2 Å². The van der Waals surface area contributed by atoms with E-state index < -0.39 is 12.0 Å². The van der Waals surface area contributed by atoms with Crippen molar-refractivity contribution in [3.63, 3.8) is 0 Å². The first-order valence-electron chi connectivity index (χ1n) is 9.74. The van der Waals surface area contributed by atoms with Crippen LogP contribution in [-0.4, -0.2) is 28.0 Å². The standard InChI is InChI=1S/C22H18F3N3O2/c23-22(24,25)21-26-16-8-7-15-17(29)11-18(30-20(15)19(16)27-21)14-5-3-13(4-6-14)12-28-9-1-2-10-28/h3-8,11H,1-2,9-10,12H2,(H,26,27). The van der Waals surface area contributed by atoms with Gasteiger partial charge in [0.2, 0.25) is 5.82 Å². The van der Waals surface area contributed by atoms with E-state index in [1.807, 2.05) is 24.3 Å². The summed E-state index contributed by atoms with van der Waals surface area (Å²) in [6, 6.07) is 11.9. The van der Waals surface area contributed by atoms with Gasteiger partial charge in [-0.3, -0.25) is 9.69 Å². The highest BCUT2D eigenvalue weighted by atomic mass is 19.4. The molecule has 1 saturated heterocycles. The number of aromatic amines is 1.